The standard InChI is InChI=1S/C27H27N5O4/c33-22-6-5-21(25(34)29-22)32-15-19-18(26(32)35)3-4-20-23(19)36-16-27(20)7-11-30(12-8-27)14-17-2-1-10-31-13-9-28-24(17)31/h1-4,9-10,13,21H,5-8,11-12,14-16H2,(H,29,33,34). The molecule has 4 aliphatic rings. The highest BCUT2D eigenvalue weighted by Gasteiger charge is 2.47. The molecule has 1 aromatic carbocycles. The summed E-state index contributed by atoms with van der Waals surface area (Å²) in [5.74, 6) is 0.000296. The number of hydrogen-bond acceptors (Lipinski definition) is 6. The molecule has 0 bridgehead atoms. The van der Waals surface area contributed by atoms with Gasteiger partial charge in [0.05, 0.1) is 13.2 Å². The molecule has 0 aliphatic carbocycles. The molecular formula is C27H27N5O4. The molecule has 0 radical (unpaired) electrons. The van der Waals surface area contributed by atoms with Crippen molar-refractivity contribution in [1.29, 1.82) is 0 Å². The van der Waals surface area contributed by atoms with Crippen LogP contribution >= 0.6 is 0 Å². The Bertz CT molecular complexity index is 1420. The van der Waals surface area contributed by atoms with Gasteiger partial charge in [-0.1, -0.05) is 12.1 Å². The second kappa shape index (κ2) is 7.89. The zero-order valence-corrected chi connectivity index (χ0v) is 19.9. The van der Waals surface area contributed by atoms with Crippen LogP contribution in [0.2, 0.25) is 0 Å². The summed E-state index contributed by atoms with van der Waals surface area (Å²) in [7, 11) is 0. The van der Waals surface area contributed by atoms with Crippen LogP contribution in [0.1, 0.15) is 52.7 Å². The van der Waals surface area contributed by atoms with E-state index in [1.165, 1.54) is 11.1 Å². The van der Waals surface area contributed by atoms with Crippen molar-refractivity contribution in [2.45, 2.75) is 50.2 Å². The number of aromatic nitrogens is 2. The fourth-order valence-corrected chi connectivity index (χ4v) is 6.41. The second-order valence-corrected chi connectivity index (χ2v) is 10.4. The summed E-state index contributed by atoms with van der Waals surface area (Å²) in [6.45, 7) is 3.76. The molecule has 1 atom stereocenters. The van der Waals surface area contributed by atoms with Crippen LogP contribution in [0.5, 0.6) is 5.75 Å². The summed E-state index contributed by atoms with van der Waals surface area (Å²) in [5, 5.41) is 2.37. The van der Waals surface area contributed by atoms with Crippen molar-refractivity contribution in [2.75, 3.05) is 19.7 Å². The quantitative estimate of drug-likeness (QED) is 0.571. The van der Waals surface area contributed by atoms with Crippen LogP contribution in [0.25, 0.3) is 5.65 Å². The zero-order valence-electron chi connectivity index (χ0n) is 19.9. The van der Waals surface area contributed by atoms with Crippen molar-refractivity contribution in [3.63, 3.8) is 0 Å². The Kier molecular flexibility index (Phi) is 4.73. The highest BCUT2D eigenvalue weighted by Crippen LogP contribution is 2.49. The number of rotatable bonds is 3. The number of ether oxygens (including phenoxy) is 1. The van der Waals surface area contributed by atoms with E-state index in [1.807, 2.05) is 24.7 Å². The third-order valence-electron chi connectivity index (χ3n) is 8.44. The largest absolute Gasteiger partial charge is 0.492 e. The Morgan fingerprint density at radius 3 is 2.81 bits per heavy atom. The van der Waals surface area contributed by atoms with Crippen LogP contribution in [0.3, 0.4) is 0 Å². The lowest BCUT2D eigenvalue weighted by Gasteiger charge is -2.38. The summed E-state index contributed by atoms with van der Waals surface area (Å²) in [6, 6.07) is 7.57. The van der Waals surface area contributed by atoms with E-state index >= 15 is 0 Å². The summed E-state index contributed by atoms with van der Waals surface area (Å²) < 4.78 is 8.36. The van der Waals surface area contributed by atoms with Gasteiger partial charge < -0.3 is 14.0 Å². The fraction of sp³-hybridized carbons (Fsp3) is 0.407. The smallest absolute Gasteiger partial charge is 0.255 e. The van der Waals surface area contributed by atoms with E-state index in [4.69, 9.17) is 4.74 Å². The third-order valence-corrected chi connectivity index (χ3v) is 8.44. The Morgan fingerprint density at radius 1 is 1.11 bits per heavy atom. The molecule has 2 saturated heterocycles. The average Bonchev–Trinajstić information content (AvgIpc) is 3.58. The van der Waals surface area contributed by atoms with Crippen molar-refractivity contribution >= 4 is 23.4 Å². The molecule has 1 unspecified atom stereocenters. The average molecular weight is 486 g/mol. The number of piperidine rings is 2. The van der Waals surface area contributed by atoms with Gasteiger partial charge in [0.15, 0.2) is 0 Å². The van der Waals surface area contributed by atoms with Crippen molar-refractivity contribution in [3.8, 4) is 5.75 Å². The molecule has 9 heteroatoms. The first-order valence-corrected chi connectivity index (χ1v) is 12.6. The van der Waals surface area contributed by atoms with Crippen LogP contribution in [-0.4, -0.2) is 62.6 Å². The predicted molar refractivity (Wildman–Crippen MR) is 129 cm³/mol. The maximum atomic E-state index is 13.2. The molecule has 3 amide bonds. The van der Waals surface area contributed by atoms with Crippen LogP contribution in [0, 0.1) is 0 Å². The normalized spacial score (nSPS) is 23.2. The number of amides is 3. The molecule has 184 valence electrons. The van der Waals surface area contributed by atoms with Gasteiger partial charge in [-0.2, -0.15) is 0 Å². The minimum absolute atomic E-state index is 0.0503. The summed E-state index contributed by atoms with van der Waals surface area (Å²) in [6.07, 6.45) is 8.42. The summed E-state index contributed by atoms with van der Waals surface area (Å²) in [4.78, 5) is 45.7. The topological polar surface area (TPSA) is 96.2 Å². The van der Waals surface area contributed by atoms with Gasteiger partial charge in [-0.05, 0) is 44.5 Å². The number of imidazole rings is 1. The number of imide groups is 1. The van der Waals surface area contributed by atoms with Gasteiger partial charge in [0.1, 0.15) is 17.4 Å². The highest BCUT2D eigenvalue weighted by molar-refractivity contribution is 6.05. The van der Waals surface area contributed by atoms with Gasteiger partial charge in [-0.15, -0.1) is 0 Å². The monoisotopic (exact) mass is 485 g/mol. The number of hydrogen-bond donors (Lipinski definition) is 1. The van der Waals surface area contributed by atoms with Gasteiger partial charge in [-0.3, -0.25) is 24.6 Å². The molecule has 4 aliphatic heterocycles. The van der Waals surface area contributed by atoms with Crippen LogP contribution < -0.4 is 10.1 Å². The number of likely N-dealkylation sites (tertiary alicyclic amines) is 1. The predicted octanol–water partition coefficient (Wildman–Crippen LogP) is 2.02. The van der Waals surface area contributed by atoms with Gasteiger partial charge >= 0.3 is 0 Å². The highest BCUT2D eigenvalue weighted by atomic mass is 16.5. The molecular weight excluding hydrogens is 458 g/mol. The first kappa shape index (κ1) is 21.6. The number of pyridine rings is 1. The molecule has 2 fully saturated rings. The maximum Gasteiger partial charge on any atom is 0.255 e. The lowest BCUT2D eigenvalue weighted by atomic mass is 9.74. The number of nitrogens with zero attached hydrogens (tertiary/aromatic N) is 4. The van der Waals surface area contributed by atoms with Crippen molar-refractivity contribution in [1.82, 2.24) is 24.5 Å². The zero-order chi connectivity index (χ0) is 24.4. The van der Waals surface area contributed by atoms with E-state index in [0.717, 1.165) is 49.4 Å². The SMILES string of the molecule is O=C1CCC(N2Cc3c(ccc4c3OCC43CCN(Cc4cccn5ccnc45)CC3)C2=O)C(=O)N1. The lowest BCUT2D eigenvalue weighted by Crippen LogP contribution is -2.52. The van der Waals surface area contributed by atoms with Crippen molar-refractivity contribution in [2.24, 2.45) is 0 Å². The molecule has 0 saturated carbocycles. The minimum atomic E-state index is -0.614. The van der Waals surface area contributed by atoms with Gasteiger partial charge in [0, 0.05) is 59.2 Å². The maximum absolute atomic E-state index is 13.2. The number of carbonyl (C=O) groups excluding carboxylic acids is 3. The number of fused-ring (bicyclic) bond motifs is 5. The lowest BCUT2D eigenvalue weighted by molar-refractivity contribution is -0.136. The Morgan fingerprint density at radius 2 is 1.97 bits per heavy atom. The Labute approximate surface area is 208 Å². The molecule has 3 aromatic rings. The molecule has 9 nitrogen and oxygen atoms in total. The molecule has 6 heterocycles. The van der Waals surface area contributed by atoms with Gasteiger partial charge in [0.2, 0.25) is 11.8 Å². The fourth-order valence-electron chi connectivity index (χ4n) is 6.41. The summed E-state index contributed by atoms with van der Waals surface area (Å²) >= 11 is 0. The number of benzene rings is 1. The van der Waals surface area contributed by atoms with E-state index in [1.54, 1.807) is 4.90 Å². The van der Waals surface area contributed by atoms with Crippen LogP contribution in [-0.2, 0) is 28.1 Å². The van der Waals surface area contributed by atoms with E-state index < -0.39 is 6.04 Å². The molecule has 1 N–H and O–H groups in total. The van der Waals surface area contributed by atoms with Crippen LogP contribution in [0.15, 0.2) is 42.9 Å². The second-order valence-electron chi connectivity index (χ2n) is 10.4. The molecule has 1 spiro atoms. The van der Waals surface area contributed by atoms with Crippen LogP contribution in [0.4, 0.5) is 0 Å². The first-order valence-electron chi connectivity index (χ1n) is 12.6. The van der Waals surface area contributed by atoms with E-state index in [0.29, 0.717) is 25.1 Å². The molecule has 7 rings (SSSR count). The number of nitrogens with one attached hydrogen (secondary N) is 1. The van der Waals surface area contributed by atoms with Gasteiger partial charge in [0.25, 0.3) is 5.91 Å². The minimum Gasteiger partial charge on any atom is -0.492 e. The van der Waals surface area contributed by atoms with Crippen molar-refractivity contribution in [3.05, 3.63) is 65.1 Å². The Hall–Kier alpha value is -3.72. The van der Waals surface area contributed by atoms with E-state index in [-0.39, 0.29) is 29.6 Å². The summed E-state index contributed by atoms with van der Waals surface area (Å²) in [5.41, 5.74) is 4.87. The van der Waals surface area contributed by atoms with E-state index in [9.17, 15) is 14.4 Å². The van der Waals surface area contributed by atoms with E-state index in [2.05, 4.69) is 37.8 Å². The third kappa shape index (κ3) is 3.19. The molecule has 2 aromatic heterocycles. The molecule has 36 heavy (non-hydrogen) atoms. The van der Waals surface area contributed by atoms with Gasteiger partial charge in [-0.25, -0.2) is 4.98 Å². The Balaban J connectivity index is 1.10. The first-order chi connectivity index (χ1) is 17.5. The number of carbonyl (C=O) groups is 3. The van der Waals surface area contributed by atoms with Crippen molar-refractivity contribution < 1.29 is 19.1 Å².